The van der Waals surface area contributed by atoms with Gasteiger partial charge in [-0.3, -0.25) is 19.0 Å². The number of rotatable bonds is 11. The molecule has 1 atom stereocenters. The van der Waals surface area contributed by atoms with Crippen LogP contribution in [-0.2, 0) is 25.1 Å². The highest BCUT2D eigenvalue weighted by Gasteiger charge is 2.43. The summed E-state index contributed by atoms with van der Waals surface area (Å²) in [7, 11) is -1.61. The van der Waals surface area contributed by atoms with Crippen molar-refractivity contribution in [1.29, 1.82) is 0 Å². The Morgan fingerprint density at radius 3 is 1.86 bits per heavy atom. The van der Waals surface area contributed by atoms with Gasteiger partial charge >= 0.3 is 5.97 Å². The van der Waals surface area contributed by atoms with Gasteiger partial charge in [-0.15, -0.1) is 0 Å². The Balaban J connectivity index is 0. The molecule has 0 radical (unpaired) electrons. The van der Waals surface area contributed by atoms with Gasteiger partial charge in [0.1, 0.15) is 4.75 Å². The quantitative estimate of drug-likeness (QED) is 0.104. The van der Waals surface area contributed by atoms with Crippen molar-refractivity contribution in [1.82, 2.24) is 5.48 Å². The smallest absolute Gasteiger partial charge is 0.302 e. The summed E-state index contributed by atoms with van der Waals surface area (Å²) < 4.78 is 16.8. The molecule has 1 aromatic rings. The molecule has 208 valence electrons. The molecule has 7 heteroatoms. The number of esters is 1. The molecular weight excluding hydrogens is 486 g/mol. The third kappa shape index (κ3) is 15.2. The molecule has 37 heavy (non-hydrogen) atoms. The van der Waals surface area contributed by atoms with Crippen molar-refractivity contribution in [2.24, 2.45) is 0 Å². The van der Waals surface area contributed by atoms with Crippen molar-refractivity contribution in [3.63, 3.8) is 0 Å². The molecule has 2 N–H and O–H groups in total. The minimum absolute atomic E-state index is 0.226. The van der Waals surface area contributed by atoms with Crippen LogP contribution in [0.3, 0.4) is 0 Å². The first kappa shape index (κ1) is 36.4. The maximum Gasteiger partial charge on any atom is 0.302 e. The highest BCUT2D eigenvalue weighted by Crippen LogP contribution is 2.31. The predicted molar refractivity (Wildman–Crippen MR) is 155 cm³/mol. The van der Waals surface area contributed by atoms with Gasteiger partial charge in [0, 0.05) is 18.2 Å². The first-order valence-corrected chi connectivity index (χ1v) is 13.7. The van der Waals surface area contributed by atoms with E-state index in [9.17, 15) is 19.0 Å². The van der Waals surface area contributed by atoms with Crippen LogP contribution in [0.1, 0.15) is 80.2 Å². The summed E-state index contributed by atoms with van der Waals surface area (Å²) in [5, 5.41) is 9.27. The third-order valence-electron chi connectivity index (χ3n) is 4.99. The van der Waals surface area contributed by atoms with E-state index in [2.05, 4.69) is 6.58 Å². The van der Waals surface area contributed by atoms with E-state index in [1.807, 2.05) is 85.8 Å². The van der Waals surface area contributed by atoms with Gasteiger partial charge in [0.2, 0.25) is 0 Å². The first-order chi connectivity index (χ1) is 17.4. The Labute approximate surface area is 227 Å². The van der Waals surface area contributed by atoms with Crippen molar-refractivity contribution in [3.05, 3.63) is 77.4 Å². The van der Waals surface area contributed by atoms with Crippen LogP contribution >= 0.6 is 0 Å². The Morgan fingerprint density at radius 1 is 1.00 bits per heavy atom. The maximum atomic E-state index is 13.3. The number of carbonyl (C=O) groups is 2. The molecule has 1 aromatic carbocycles. The van der Waals surface area contributed by atoms with Crippen LogP contribution < -0.4 is 5.48 Å². The maximum absolute atomic E-state index is 13.3. The van der Waals surface area contributed by atoms with Gasteiger partial charge in [0.15, 0.2) is 0 Å². The molecule has 1 unspecified atom stereocenters. The van der Waals surface area contributed by atoms with Crippen LogP contribution in [0.2, 0.25) is 0 Å². The lowest BCUT2D eigenvalue weighted by atomic mass is 9.96. The van der Waals surface area contributed by atoms with Gasteiger partial charge in [-0.25, -0.2) is 5.48 Å². The summed E-state index contributed by atoms with van der Waals surface area (Å²) >= 11 is 0. The normalized spacial score (nSPS) is 11.4. The lowest BCUT2D eigenvalue weighted by Crippen LogP contribution is -2.48. The van der Waals surface area contributed by atoms with Crippen LogP contribution in [0.5, 0.6) is 0 Å². The molecule has 0 aliphatic heterocycles. The number of carbonyl (C=O) groups excluding carboxylic acids is 2. The van der Waals surface area contributed by atoms with Crippen molar-refractivity contribution in [3.8, 4) is 0 Å². The fraction of sp³-hybridized carbons (Fsp3) is 0.467. The Hall–Kier alpha value is -2.77. The lowest BCUT2D eigenvalue weighted by molar-refractivity contribution is -0.140. The van der Waals surface area contributed by atoms with Crippen LogP contribution in [-0.4, -0.2) is 32.6 Å². The van der Waals surface area contributed by atoms with E-state index in [-0.39, 0.29) is 18.8 Å². The fourth-order valence-electron chi connectivity index (χ4n) is 2.87. The molecule has 1 rings (SSSR count). The van der Waals surface area contributed by atoms with Gasteiger partial charge in [-0.05, 0) is 66.5 Å². The Kier molecular flexibility index (Phi) is 20.0. The number of amides is 1. The average molecular weight is 534 g/mol. The molecular formula is C30H47NO5S. The fourth-order valence-corrected chi connectivity index (χ4v) is 4.39. The van der Waals surface area contributed by atoms with Gasteiger partial charge in [0.05, 0.1) is 17.4 Å². The molecule has 0 saturated carbocycles. The monoisotopic (exact) mass is 533 g/mol. The molecule has 0 heterocycles. The van der Waals surface area contributed by atoms with Gasteiger partial charge < -0.3 is 4.74 Å². The van der Waals surface area contributed by atoms with Crippen LogP contribution in [0, 0.1) is 6.92 Å². The summed E-state index contributed by atoms with van der Waals surface area (Å²) in [5.74, 6) is -0.854. The third-order valence-corrected chi connectivity index (χ3v) is 6.92. The number of hydrogen-bond acceptors (Lipinski definition) is 5. The topological polar surface area (TPSA) is 92.7 Å². The van der Waals surface area contributed by atoms with Crippen molar-refractivity contribution in [2.75, 3.05) is 6.61 Å². The average Bonchev–Trinajstić information content (AvgIpc) is 2.85. The van der Waals surface area contributed by atoms with E-state index in [4.69, 9.17) is 4.74 Å². The van der Waals surface area contributed by atoms with E-state index in [1.165, 1.54) is 12.5 Å². The summed E-state index contributed by atoms with van der Waals surface area (Å²) in [4.78, 5) is 23.4. The number of aryl methyl sites for hydroxylation is 1. The Morgan fingerprint density at radius 2 is 1.49 bits per heavy atom. The van der Waals surface area contributed by atoms with Gasteiger partial charge in [-0.1, -0.05) is 79.1 Å². The molecule has 0 fully saturated rings. The predicted octanol–water partition coefficient (Wildman–Crippen LogP) is 7.16. The minimum Gasteiger partial charge on any atom is -0.466 e. The minimum atomic E-state index is -1.61. The second-order valence-corrected chi connectivity index (χ2v) is 10.6. The zero-order chi connectivity index (χ0) is 29.0. The molecule has 0 aliphatic rings. The van der Waals surface area contributed by atoms with Crippen LogP contribution in [0.4, 0.5) is 0 Å². The van der Waals surface area contributed by atoms with E-state index in [1.54, 1.807) is 23.7 Å². The number of hydrogen-bond donors (Lipinski definition) is 2. The van der Waals surface area contributed by atoms with E-state index in [0.29, 0.717) is 11.5 Å². The number of allylic oxidation sites excluding steroid dienone is 6. The number of hydroxylamine groups is 1. The highest BCUT2D eigenvalue weighted by atomic mass is 32.2. The standard InChI is InChI=1S/C19H27NO3S.C9H14O2.C2H6/c1-14(2)10-12-19(18(21)20-22,13-11-15(3)4)24(23)17-8-6-16(5)7-9-17;1-4-5-8(2)6-7-11-9(3)10;1-2/h6-11,22H,12-13H2,1-5H3,(H,20,21);4-5H,1,6-7H2,2-3H3;1-2H3/b;8-5+;. The number of nitrogens with one attached hydrogen (secondary N) is 1. The first-order valence-electron chi connectivity index (χ1n) is 12.5. The summed E-state index contributed by atoms with van der Waals surface area (Å²) in [6.45, 7) is 21.1. The summed E-state index contributed by atoms with van der Waals surface area (Å²) in [6.07, 6.45) is 8.76. The van der Waals surface area contributed by atoms with Crippen molar-refractivity contribution in [2.45, 2.75) is 91.2 Å². The second kappa shape index (κ2) is 20.3. The van der Waals surface area contributed by atoms with Gasteiger partial charge in [0.25, 0.3) is 5.91 Å². The SMILES string of the molecule is C=C/C=C(\C)CCOC(C)=O.CC.CC(C)=CCC(CC=C(C)C)(C(=O)NO)S(=O)c1ccc(C)cc1. The molecule has 0 spiro atoms. The molecule has 0 aliphatic carbocycles. The molecule has 1 amide bonds. The largest absolute Gasteiger partial charge is 0.466 e. The zero-order valence-electron chi connectivity index (χ0n) is 24.1. The lowest BCUT2D eigenvalue weighted by Gasteiger charge is -2.29. The van der Waals surface area contributed by atoms with Crippen LogP contribution in [0.15, 0.2) is 76.8 Å². The van der Waals surface area contributed by atoms with E-state index in [0.717, 1.165) is 23.1 Å². The molecule has 6 nitrogen and oxygen atoms in total. The summed E-state index contributed by atoms with van der Waals surface area (Å²) in [6, 6.07) is 7.29. The van der Waals surface area contributed by atoms with Gasteiger partial charge in [-0.2, -0.15) is 0 Å². The second-order valence-electron chi connectivity index (χ2n) is 8.83. The molecule has 0 bridgehead atoms. The number of benzene rings is 1. The summed E-state index contributed by atoms with van der Waals surface area (Å²) in [5.41, 5.74) is 6.01. The Bertz CT molecular complexity index is 931. The molecule has 0 saturated heterocycles. The van der Waals surface area contributed by atoms with E-state index >= 15 is 0 Å². The zero-order valence-corrected chi connectivity index (χ0v) is 25.0. The van der Waals surface area contributed by atoms with Crippen molar-refractivity contribution < 1.29 is 23.7 Å². The van der Waals surface area contributed by atoms with Crippen LogP contribution in [0.25, 0.3) is 0 Å². The van der Waals surface area contributed by atoms with E-state index < -0.39 is 21.5 Å². The molecule has 0 aromatic heterocycles. The van der Waals surface area contributed by atoms with Crippen molar-refractivity contribution >= 4 is 22.7 Å². The highest BCUT2D eigenvalue weighted by molar-refractivity contribution is 7.87. The number of ether oxygens (including phenoxy) is 1.